The summed E-state index contributed by atoms with van der Waals surface area (Å²) in [7, 11) is 0. The van der Waals surface area contributed by atoms with Gasteiger partial charge in [-0.25, -0.2) is 14.0 Å². The summed E-state index contributed by atoms with van der Waals surface area (Å²) in [6.45, 7) is 0. The van der Waals surface area contributed by atoms with Crippen LogP contribution >= 0.6 is 0 Å². The fraction of sp³-hybridized carbons (Fsp3) is 0. The van der Waals surface area contributed by atoms with Crippen LogP contribution in [0, 0.1) is 5.82 Å². The molecule has 2 amide bonds. The third kappa shape index (κ3) is 3.30. The molecule has 9 heteroatoms. The van der Waals surface area contributed by atoms with Gasteiger partial charge in [0.2, 0.25) is 11.8 Å². The molecule has 8 nitrogen and oxygen atoms in total. The molecule has 0 bridgehead atoms. The van der Waals surface area contributed by atoms with Crippen molar-refractivity contribution >= 4 is 66.8 Å². The second kappa shape index (κ2) is 8.22. The van der Waals surface area contributed by atoms with Gasteiger partial charge in [0.25, 0.3) is 0 Å². The minimum Gasteiger partial charge on any atom is -0.478 e. The molecular formula is C30H17FN2O6. The zero-order valence-corrected chi connectivity index (χ0v) is 19.9. The molecule has 6 aromatic carbocycles. The van der Waals surface area contributed by atoms with E-state index in [0.29, 0.717) is 43.4 Å². The van der Waals surface area contributed by atoms with Crippen molar-refractivity contribution < 1.29 is 33.8 Å². The number of nitrogens with two attached hydrogens (primary N) is 2. The largest absolute Gasteiger partial charge is 0.478 e. The monoisotopic (exact) mass is 520 g/mol. The molecule has 0 saturated heterocycles. The number of carbonyl (C=O) groups is 4. The van der Waals surface area contributed by atoms with Gasteiger partial charge in [-0.1, -0.05) is 30.3 Å². The molecule has 0 fully saturated rings. The van der Waals surface area contributed by atoms with Crippen molar-refractivity contribution in [3.63, 3.8) is 0 Å². The van der Waals surface area contributed by atoms with E-state index in [1.807, 2.05) is 0 Å². The van der Waals surface area contributed by atoms with E-state index >= 15 is 0 Å². The predicted octanol–water partition coefficient (Wildman–Crippen LogP) is 5.14. The van der Waals surface area contributed by atoms with Crippen molar-refractivity contribution in [2.75, 3.05) is 0 Å². The number of rotatable bonds is 5. The van der Waals surface area contributed by atoms with Crippen LogP contribution in [0.3, 0.4) is 0 Å². The van der Waals surface area contributed by atoms with Gasteiger partial charge in [0.05, 0.1) is 11.1 Å². The van der Waals surface area contributed by atoms with E-state index in [9.17, 15) is 33.8 Å². The molecule has 0 heterocycles. The quantitative estimate of drug-likeness (QED) is 0.182. The van der Waals surface area contributed by atoms with E-state index in [2.05, 4.69) is 0 Å². The van der Waals surface area contributed by atoms with Crippen molar-refractivity contribution in [2.24, 2.45) is 11.5 Å². The van der Waals surface area contributed by atoms with Gasteiger partial charge in [0.1, 0.15) is 5.82 Å². The number of benzene rings is 6. The van der Waals surface area contributed by atoms with Crippen molar-refractivity contribution in [3.05, 3.63) is 94.8 Å². The highest BCUT2D eigenvalue weighted by molar-refractivity contribution is 6.40. The number of carboxylic acids is 2. The first-order valence-corrected chi connectivity index (χ1v) is 11.7. The highest BCUT2D eigenvalue weighted by Crippen LogP contribution is 2.47. The van der Waals surface area contributed by atoms with Gasteiger partial charge < -0.3 is 21.7 Å². The summed E-state index contributed by atoms with van der Waals surface area (Å²) in [4.78, 5) is 49.6. The maximum absolute atomic E-state index is 14.4. The summed E-state index contributed by atoms with van der Waals surface area (Å²) in [5.41, 5.74) is 11.8. The van der Waals surface area contributed by atoms with Crippen LogP contribution < -0.4 is 11.5 Å². The van der Waals surface area contributed by atoms with Gasteiger partial charge in [-0.3, -0.25) is 9.59 Å². The summed E-state index contributed by atoms with van der Waals surface area (Å²) in [6, 6.07) is 15.9. The van der Waals surface area contributed by atoms with Crippen LogP contribution in [0.4, 0.5) is 4.39 Å². The van der Waals surface area contributed by atoms with Crippen molar-refractivity contribution in [2.45, 2.75) is 0 Å². The number of carboxylic acid groups (broad SMARTS) is 2. The van der Waals surface area contributed by atoms with E-state index in [1.165, 1.54) is 42.5 Å². The summed E-state index contributed by atoms with van der Waals surface area (Å²) in [6.07, 6.45) is 0. The Morgan fingerprint density at radius 3 is 1.67 bits per heavy atom. The zero-order valence-electron chi connectivity index (χ0n) is 19.9. The fourth-order valence-electron chi connectivity index (χ4n) is 5.64. The molecule has 0 aliphatic carbocycles. The lowest BCUT2D eigenvalue weighted by atomic mass is 9.81. The molecule has 0 aromatic heterocycles. The smallest absolute Gasteiger partial charge is 0.336 e. The summed E-state index contributed by atoms with van der Waals surface area (Å²) in [5.74, 6) is -4.79. The molecule has 0 atom stereocenters. The third-order valence-corrected chi connectivity index (χ3v) is 7.13. The Bertz CT molecular complexity index is 2080. The Hall–Kier alpha value is -5.57. The standard InChI is InChI=1S/C30H17FN2O6/c31-13-3-1-2-12(10-13)20-11-21(28(33)35)24-17(27(32)34)7-4-15-14-5-8-18(29(36)37)25-19(30(38)39)9-6-16(22(14)25)23(20)26(15)24/h1-11H,(H2,32,34)(H2,33,35)(H,36,37)(H,38,39). The van der Waals surface area contributed by atoms with Gasteiger partial charge in [-0.15, -0.1) is 0 Å². The minimum atomic E-state index is -1.31. The molecule has 0 spiro atoms. The Morgan fingerprint density at radius 2 is 1.10 bits per heavy atom. The molecular weight excluding hydrogens is 503 g/mol. The Balaban J connectivity index is 2.02. The Kier molecular flexibility index (Phi) is 5.02. The molecule has 0 aliphatic rings. The maximum Gasteiger partial charge on any atom is 0.336 e. The van der Waals surface area contributed by atoms with E-state index in [4.69, 9.17) is 11.5 Å². The average Bonchev–Trinajstić information content (AvgIpc) is 2.89. The lowest BCUT2D eigenvalue weighted by Crippen LogP contribution is -2.17. The summed E-state index contributed by atoms with van der Waals surface area (Å²) < 4.78 is 14.4. The highest BCUT2D eigenvalue weighted by Gasteiger charge is 2.27. The van der Waals surface area contributed by atoms with Gasteiger partial charge in [0.15, 0.2) is 0 Å². The first-order valence-electron chi connectivity index (χ1n) is 11.7. The predicted molar refractivity (Wildman–Crippen MR) is 144 cm³/mol. The number of fused-ring (bicyclic) bond motifs is 2. The van der Waals surface area contributed by atoms with Crippen molar-refractivity contribution in [1.82, 2.24) is 0 Å². The second-order valence-electron chi connectivity index (χ2n) is 9.18. The topological polar surface area (TPSA) is 161 Å². The number of carbonyl (C=O) groups excluding carboxylic acids is 2. The Morgan fingerprint density at radius 1 is 0.564 bits per heavy atom. The zero-order chi connectivity index (χ0) is 27.7. The van der Waals surface area contributed by atoms with Gasteiger partial charge >= 0.3 is 11.9 Å². The molecule has 39 heavy (non-hydrogen) atoms. The minimum absolute atomic E-state index is 0.00679. The molecule has 0 radical (unpaired) electrons. The average molecular weight is 520 g/mol. The maximum atomic E-state index is 14.4. The van der Waals surface area contributed by atoms with Crippen LogP contribution in [-0.4, -0.2) is 34.0 Å². The second-order valence-corrected chi connectivity index (χ2v) is 9.18. The SMILES string of the molecule is NC(=O)c1ccc2c3ccc(C(=O)O)c4c(C(=O)O)ccc(c5c(-c6cccc(F)c6)cc(C(N)=O)c1c25)c43. The fourth-order valence-corrected chi connectivity index (χ4v) is 5.64. The number of aromatic carboxylic acids is 2. The lowest BCUT2D eigenvalue weighted by Gasteiger charge is -2.21. The number of primary amides is 2. The number of hydrogen-bond acceptors (Lipinski definition) is 4. The molecule has 6 rings (SSSR count). The lowest BCUT2D eigenvalue weighted by molar-refractivity contribution is 0.0695. The Labute approximate surface area is 218 Å². The van der Waals surface area contributed by atoms with E-state index in [0.717, 1.165) is 0 Å². The third-order valence-electron chi connectivity index (χ3n) is 7.13. The molecule has 0 saturated carbocycles. The highest BCUT2D eigenvalue weighted by atomic mass is 19.1. The first-order chi connectivity index (χ1) is 18.6. The molecule has 190 valence electrons. The molecule has 6 aromatic rings. The van der Waals surface area contributed by atoms with Crippen LogP contribution in [0.1, 0.15) is 41.4 Å². The number of amides is 2. The summed E-state index contributed by atoms with van der Waals surface area (Å²) >= 11 is 0. The van der Waals surface area contributed by atoms with Crippen LogP contribution in [0.25, 0.3) is 54.2 Å². The van der Waals surface area contributed by atoms with E-state index in [1.54, 1.807) is 24.3 Å². The van der Waals surface area contributed by atoms with Gasteiger partial charge in [0, 0.05) is 21.9 Å². The van der Waals surface area contributed by atoms with E-state index < -0.39 is 29.6 Å². The van der Waals surface area contributed by atoms with Crippen LogP contribution in [0.15, 0.2) is 66.7 Å². The van der Waals surface area contributed by atoms with Crippen molar-refractivity contribution in [3.8, 4) is 11.1 Å². The van der Waals surface area contributed by atoms with Crippen LogP contribution in [0.2, 0.25) is 0 Å². The number of halogens is 1. The van der Waals surface area contributed by atoms with Gasteiger partial charge in [-0.2, -0.15) is 0 Å². The normalized spacial score (nSPS) is 11.5. The molecule has 6 N–H and O–H groups in total. The number of hydrogen-bond donors (Lipinski definition) is 4. The molecule has 0 unspecified atom stereocenters. The van der Waals surface area contributed by atoms with E-state index in [-0.39, 0.29) is 33.0 Å². The van der Waals surface area contributed by atoms with Gasteiger partial charge in [-0.05, 0) is 79.8 Å². The van der Waals surface area contributed by atoms with Crippen LogP contribution in [0.5, 0.6) is 0 Å². The van der Waals surface area contributed by atoms with Crippen molar-refractivity contribution in [1.29, 1.82) is 0 Å². The summed E-state index contributed by atoms with van der Waals surface area (Å²) in [5, 5.41) is 22.8. The molecule has 0 aliphatic heterocycles. The van der Waals surface area contributed by atoms with Crippen LogP contribution in [-0.2, 0) is 0 Å². The first kappa shape index (κ1) is 23.8.